The maximum absolute atomic E-state index is 4.12. The Kier molecular flexibility index (Phi) is 12.5. The molecule has 0 spiro atoms. The van der Waals surface area contributed by atoms with E-state index in [1.165, 1.54) is 76.3 Å². The van der Waals surface area contributed by atoms with E-state index < -0.39 is 8.07 Å². The van der Waals surface area contributed by atoms with Crippen molar-refractivity contribution in [2.45, 2.75) is 90.1 Å². The minimum Gasteiger partial charge on any atom is -0.107 e. The Balaban J connectivity index is 3.90. The first kappa shape index (κ1) is 18.7. The molecule has 0 aliphatic heterocycles. The Hall–Kier alpha value is -0.303. The normalized spacial score (nSPS) is 11.5. The lowest BCUT2D eigenvalue weighted by Gasteiger charge is -2.24. The molecule has 0 fully saturated rings. The molecule has 19 heavy (non-hydrogen) atoms. The van der Waals surface area contributed by atoms with Crippen molar-refractivity contribution in [3.8, 4) is 0 Å². The van der Waals surface area contributed by atoms with Crippen LogP contribution in [0.4, 0.5) is 0 Å². The van der Waals surface area contributed by atoms with Gasteiger partial charge in [-0.3, -0.25) is 0 Å². The van der Waals surface area contributed by atoms with Gasteiger partial charge in [-0.05, 0) is 0 Å². The highest BCUT2D eigenvalue weighted by atomic mass is 28.3. The number of hydrogen-bond acceptors (Lipinski definition) is 0. The predicted molar refractivity (Wildman–Crippen MR) is 93.3 cm³/mol. The van der Waals surface area contributed by atoms with Gasteiger partial charge in [-0.1, -0.05) is 102 Å². The van der Waals surface area contributed by atoms with Gasteiger partial charge in [0, 0.05) is 0 Å². The van der Waals surface area contributed by atoms with E-state index in [2.05, 4.69) is 38.4 Å². The van der Waals surface area contributed by atoms with E-state index in [9.17, 15) is 0 Å². The van der Waals surface area contributed by atoms with Gasteiger partial charge in [-0.2, -0.15) is 0 Å². The number of rotatable bonds is 14. The van der Waals surface area contributed by atoms with E-state index in [1.807, 2.05) is 0 Å². The second kappa shape index (κ2) is 12.7. The molecule has 1 heteroatoms. The molecule has 0 aliphatic carbocycles. The molecule has 0 aliphatic rings. The van der Waals surface area contributed by atoms with E-state index >= 15 is 0 Å². The van der Waals surface area contributed by atoms with Crippen LogP contribution in [0.25, 0.3) is 0 Å². The Bertz CT molecular complexity index is 196. The highest BCUT2D eigenvalue weighted by Gasteiger charge is 2.24. The zero-order valence-electron chi connectivity index (χ0n) is 13.6. The molecule has 0 N–H and O–H groups in total. The predicted octanol–water partition coefficient (Wildman–Crippen LogP) is 6.83. The van der Waals surface area contributed by atoms with Gasteiger partial charge in [0.05, 0.1) is 0 Å². The van der Waals surface area contributed by atoms with Crippen LogP contribution < -0.4 is 0 Å². The summed E-state index contributed by atoms with van der Waals surface area (Å²) in [6.07, 6.45) is 13.9. The van der Waals surface area contributed by atoms with Gasteiger partial charge >= 0.3 is 0 Å². The Labute approximate surface area is 123 Å². The van der Waals surface area contributed by atoms with Crippen LogP contribution in [0.5, 0.6) is 0 Å². The number of unbranched alkanes of at least 4 members (excludes halogenated alkanes) is 8. The summed E-state index contributed by atoms with van der Waals surface area (Å²) in [6, 6.07) is 2.77. The second-order valence-electron chi connectivity index (χ2n) is 5.97. The van der Waals surface area contributed by atoms with Crippen molar-refractivity contribution in [1.29, 1.82) is 0 Å². The summed E-state index contributed by atoms with van der Waals surface area (Å²) in [7, 11) is -1.34. The smallest absolute Gasteiger partial charge is 0.100 e. The summed E-state index contributed by atoms with van der Waals surface area (Å²) in [6.45, 7) is 12.8. The summed E-state index contributed by atoms with van der Waals surface area (Å²) in [5, 5.41) is 0. The van der Waals surface area contributed by atoms with Crippen molar-refractivity contribution in [1.82, 2.24) is 0 Å². The fraction of sp³-hybridized carbons (Fsp3) is 0.778. The van der Waals surface area contributed by atoms with Crippen LogP contribution in [0, 0.1) is 0 Å². The lowest BCUT2D eigenvalue weighted by Crippen LogP contribution is -2.29. The van der Waals surface area contributed by atoms with Crippen molar-refractivity contribution in [2.24, 2.45) is 0 Å². The third kappa shape index (κ3) is 9.26. The monoisotopic (exact) mass is 280 g/mol. The van der Waals surface area contributed by atoms with Gasteiger partial charge in [0.15, 0.2) is 0 Å². The average Bonchev–Trinajstić information content (AvgIpc) is 2.45. The molecule has 0 aromatic carbocycles. The summed E-state index contributed by atoms with van der Waals surface area (Å²) < 4.78 is 0. The topological polar surface area (TPSA) is 0 Å². The minimum absolute atomic E-state index is 1.34. The van der Waals surface area contributed by atoms with Gasteiger partial charge in [0.25, 0.3) is 0 Å². The molecule has 0 saturated carbocycles. The van der Waals surface area contributed by atoms with Gasteiger partial charge in [-0.25, -0.2) is 0 Å². The average molecular weight is 281 g/mol. The van der Waals surface area contributed by atoms with Gasteiger partial charge in [-0.15, -0.1) is 13.2 Å². The molecule has 0 aromatic rings. The summed E-state index contributed by atoms with van der Waals surface area (Å²) >= 11 is 0. The quantitative estimate of drug-likeness (QED) is 0.242. The molecule has 0 unspecified atom stereocenters. The Morgan fingerprint density at radius 3 is 1.32 bits per heavy atom. The largest absolute Gasteiger partial charge is 0.107 e. The molecule has 0 nitrogen and oxygen atoms in total. The van der Waals surface area contributed by atoms with Crippen LogP contribution in [0.1, 0.15) is 78.1 Å². The van der Waals surface area contributed by atoms with Gasteiger partial charge in [0.2, 0.25) is 0 Å². The third-order valence-corrected chi connectivity index (χ3v) is 8.50. The Morgan fingerprint density at radius 1 is 0.632 bits per heavy atom. The molecule has 112 valence electrons. The molecular formula is C18H36Si. The van der Waals surface area contributed by atoms with E-state index in [4.69, 9.17) is 0 Å². The number of hydrogen-bond donors (Lipinski definition) is 0. The SMILES string of the molecule is C=C[Si](C=C)(CCCCCCC)CCCCCCC. The van der Waals surface area contributed by atoms with Crippen molar-refractivity contribution in [3.05, 3.63) is 24.6 Å². The fourth-order valence-corrected chi connectivity index (χ4v) is 5.78. The van der Waals surface area contributed by atoms with Crippen molar-refractivity contribution in [2.75, 3.05) is 0 Å². The molecular weight excluding hydrogens is 244 g/mol. The molecule has 0 bridgehead atoms. The maximum atomic E-state index is 4.12. The van der Waals surface area contributed by atoms with Crippen LogP contribution >= 0.6 is 0 Å². The highest BCUT2D eigenvalue weighted by Crippen LogP contribution is 2.25. The van der Waals surface area contributed by atoms with Crippen molar-refractivity contribution >= 4 is 8.07 Å². The van der Waals surface area contributed by atoms with Crippen LogP contribution in [-0.4, -0.2) is 8.07 Å². The Morgan fingerprint density at radius 2 is 1.00 bits per heavy atom. The van der Waals surface area contributed by atoms with Crippen LogP contribution in [0.15, 0.2) is 24.6 Å². The van der Waals surface area contributed by atoms with Crippen LogP contribution in [0.3, 0.4) is 0 Å². The minimum atomic E-state index is -1.34. The first-order valence-corrected chi connectivity index (χ1v) is 11.1. The van der Waals surface area contributed by atoms with Gasteiger partial charge < -0.3 is 0 Å². The van der Waals surface area contributed by atoms with E-state index in [-0.39, 0.29) is 0 Å². The fourth-order valence-electron chi connectivity index (χ4n) is 2.73. The summed E-state index contributed by atoms with van der Waals surface area (Å²) in [5.41, 5.74) is 4.58. The lowest BCUT2D eigenvalue weighted by molar-refractivity contribution is 0.644. The van der Waals surface area contributed by atoms with Crippen molar-refractivity contribution in [3.63, 3.8) is 0 Å². The van der Waals surface area contributed by atoms with Crippen LogP contribution in [0.2, 0.25) is 12.1 Å². The first-order valence-electron chi connectivity index (χ1n) is 8.52. The molecule has 0 heterocycles. The highest BCUT2D eigenvalue weighted by molar-refractivity contribution is 6.88. The third-order valence-electron chi connectivity index (χ3n) is 4.30. The standard InChI is InChI=1S/C18H36Si/c1-5-9-11-13-15-17-19(7-3,8-4)18-16-14-12-10-6-2/h7-8H,3-6,9-18H2,1-2H3. The molecule has 0 aromatic heterocycles. The summed E-state index contributed by atoms with van der Waals surface area (Å²) in [4.78, 5) is 0. The molecule has 0 rings (SSSR count). The van der Waals surface area contributed by atoms with E-state index in [0.717, 1.165) is 0 Å². The zero-order chi connectivity index (χ0) is 14.4. The zero-order valence-corrected chi connectivity index (χ0v) is 14.6. The van der Waals surface area contributed by atoms with E-state index in [1.54, 1.807) is 0 Å². The molecule has 0 radical (unpaired) electrons. The first-order chi connectivity index (χ1) is 9.24. The van der Waals surface area contributed by atoms with Gasteiger partial charge in [0.1, 0.15) is 8.07 Å². The summed E-state index contributed by atoms with van der Waals surface area (Å²) in [5.74, 6) is 0. The van der Waals surface area contributed by atoms with E-state index in [0.29, 0.717) is 0 Å². The lowest BCUT2D eigenvalue weighted by atomic mass is 10.2. The second-order valence-corrected chi connectivity index (χ2v) is 10.3. The maximum Gasteiger partial charge on any atom is 0.100 e. The van der Waals surface area contributed by atoms with Crippen LogP contribution in [-0.2, 0) is 0 Å². The molecule has 0 atom stereocenters. The van der Waals surface area contributed by atoms with Crippen molar-refractivity contribution < 1.29 is 0 Å². The molecule has 0 saturated heterocycles. The molecule has 0 amide bonds.